The Morgan fingerprint density at radius 3 is 2.00 bits per heavy atom. The monoisotopic (exact) mass is 771 g/mol. The molecule has 0 N–H and O–H groups in total. The summed E-state index contributed by atoms with van der Waals surface area (Å²) in [7, 11) is -7.03. The van der Waals surface area contributed by atoms with E-state index >= 15 is 0 Å². The molecule has 1 heterocycles. The zero-order chi connectivity index (χ0) is 32.3. The van der Waals surface area contributed by atoms with Crippen molar-refractivity contribution in [2.45, 2.75) is 19.4 Å². The second-order valence-corrected chi connectivity index (χ2v) is 15.2. The van der Waals surface area contributed by atoms with Crippen LogP contribution in [0.4, 0.5) is 11.4 Å². The zero-order valence-electron chi connectivity index (χ0n) is 25.2. The minimum Gasteiger partial charge on any atom is -0.486 e. The fourth-order valence-corrected chi connectivity index (χ4v) is 5.95. The fourth-order valence-electron chi connectivity index (χ4n) is 4.13. The van der Waals surface area contributed by atoms with Crippen LogP contribution in [0.3, 0.4) is 0 Å². The average Bonchev–Trinajstić information content (AvgIpc) is 3.48. The Hall–Kier alpha value is -2.85. The van der Waals surface area contributed by atoms with E-state index in [0.29, 0.717) is 32.5 Å². The largest absolute Gasteiger partial charge is 0.486 e. The van der Waals surface area contributed by atoms with Crippen molar-refractivity contribution in [2.24, 2.45) is 4.99 Å². The molecule has 0 atom stereocenters. The van der Waals surface area contributed by atoms with Crippen LogP contribution in [0.15, 0.2) is 87.6 Å². The van der Waals surface area contributed by atoms with E-state index in [-0.39, 0.29) is 25.6 Å². The highest BCUT2D eigenvalue weighted by Gasteiger charge is 2.10. The van der Waals surface area contributed by atoms with E-state index in [1.807, 2.05) is 83.1 Å². The lowest BCUT2D eigenvalue weighted by Gasteiger charge is -2.25. The van der Waals surface area contributed by atoms with E-state index in [2.05, 4.69) is 20.9 Å². The van der Waals surface area contributed by atoms with Gasteiger partial charge in [-0.05, 0) is 66.9 Å². The van der Waals surface area contributed by atoms with Crippen LogP contribution in [-0.2, 0) is 35.2 Å². The predicted octanol–water partition coefficient (Wildman–Crippen LogP) is 6.86. The molecule has 0 saturated carbocycles. The molecule has 0 spiro atoms. The minimum absolute atomic E-state index is 0. The van der Waals surface area contributed by atoms with Gasteiger partial charge in [0, 0.05) is 40.4 Å². The van der Waals surface area contributed by atoms with Gasteiger partial charge in [0.2, 0.25) is 0 Å². The molecule has 0 saturated heterocycles. The molecule has 0 amide bonds. The highest BCUT2D eigenvalue weighted by atomic mass is 79.9. The van der Waals surface area contributed by atoms with Crippen molar-refractivity contribution in [3.05, 3.63) is 93.2 Å². The van der Waals surface area contributed by atoms with Crippen LogP contribution in [0.5, 0.6) is 5.75 Å². The SMILES string of the molecule is CS(=O)(=O)OCCCN(CCCOS(C)(=O)=O)c1ccc(C=Nc2ccc(-c3csc(COc4ccc(Br)cc4)n3)cc2)cc1.Cl. The molecule has 1 aromatic heterocycles. The van der Waals surface area contributed by atoms with Gasteiger partial charge < -0.3 is 9.64 Å². The lowest BCUT2D eigenvalue weighted by atomic mass is 10.1. The molecule has 3 aromatic carbocycles. The number of rotatable bonds is 17. The van der Waals surface area contributed by atoms with E-state index in [1.165, 1.54) is 0 Å². The highest BCUT2D eigenvalue weighted by Crippen LogP contribution is 2.26. The third-order valence-electron chi connectivity index (χ3n) is 6.25. The average molecular weight is 773 g/mol. The molecule has 0 bridgehead atoms. The van der Waals surface area contributed by atoms with E-state index in [0.717, 1.165) is 55.9 Å². The standard InChI is InChI=1S/C31H34BrN3O7S3.ClH/c1-44(36,37)41-19-3-17-35(18-4-20-42-45(2,38)39)28-13-5-24(6-14-28)21-33-27-11-7-25(8-12-27)30-23-43-31(34-30)22-40-29-15-9-26(32)10-16-29;/h5-16,21,23H,3-4,17-20,22H2,1-2H3;1H. The molecule has 10 nitrogen and oxygen atoms in total. The van der Waals surface area contributed by atoms with Gasteiger partial charge in [0.1, 0.15) is 17.4 Å². The van der Waals surface area contributed by atoms with Gasteiger partial charge in [-0.15, -0.1) is 23.7 Å². The fraction of sp³-hybridized carbons (Fsp3) is 0.290. The lowest BCUT2D eigenvalue weighted by Crippen LogP contribution is -2.27. The van der Waals surface area contributed by atoms with E-state index in [4.69, 9.17) is 18.1 Å². The first-order chi connectivity index (χ1) is 21.4. The third kappa shape index (κ3) is 13.5. The quantitative estimate of drug-likeness (QED) is 0.0643. The normalized spacial score (nSPS) is 11.8. The van der Waals surface area contributed by atoms with Gasteiger partial charge >= 0.3 is 0 Å². The Morgan fingerprint density at radius 2 is 1.43 bits per heavy atom. The van der Waals surface area contributed by atoms with Crippen molar-refractivity contribution in [1.82, 2.24) is 4.98 Å². The summed E-state index contributed by atoms with van der Waals surface area (Å²) in [4.78, 5) is 11.3. The Morgan fingerprint density at radius 1 is 0.848 bits per heavy atom. The van der Waals surface area contributed by atoms with Crippen LogP contribution in [0, 0.1) is 0 Å². The second kappa shape index (κ2) is 17.9. The predicted molar refractivity (Wildman–Crippen MR) is 190 cm³/mol. The molecule has 0 fully saturated rings. The Bertz CT molecular complexity index is 1730. The van der Waals surface area contributed by atoms with Crippen LogP contribution < -0.4 is 9.64 Å². The molecule has 4 rings (SSSR count). The molecule has 4 aromatic rings. The molecule has 0 aliphatic rings. The number of benzene rings is 3. The Kier molecular flexibility index (Phi) is 14.6. The molecule has 46 heavy (non-hydrogen) atoms. The van der Waals surface area contributed by atoms with Crippen molar-refractivity contribution in [2.75, 3.05) is 43.7 Å². The Balaban J connectivity index is 0.00000576. The van der Waals surface area contributed by atoms with Crippen molar-refractivity contribution in [1.29, 1.82) is 0 Å². The van der Waals surface area contributed by atoms with Crippen LogP contribution in [-0.4, -0.2) is 66.8 Å². The van der Waals surface area contributed by atoms with E-state index in [1.54, 1.807) is 17.6 Å². The smallest absolute Gasteiger partial charge is 0.264 e. The summed E-state index contributed by atoms with van der Waals surface area (Å²) in [6.45, 7) is 1.56. The summed E-state index contributed by atoms with van der Waals surface area (Å²) in [5.74, 6) is 0.790. The molecule has 248 valence electrons. The van der Waals surface area contributed by atoms with Crippen molar-refractivity contribution in [3.8, 4) is 17.0 Å². The topological polar surface area (TPSA) is 124 Å². The Labute approximate surface area is 289 Å². The summed E-state index contributed by atoms with van der Waals surface area (Å²) < 4.78 is 61.6. The van der Waals surface area contributed by atoms with Crippen LogP contribution >= 0.6 is 39.7 Å². The maximum absolute atomic E-state index is 11.3. The van der Waals surface area contributed by atoms with E-state index < -0.39 is 20.2 Å². The molecular weight excluding hydrogens is 738 g/mol. The van der Waals surface area contributed by atoms with Gasteiger partial charge in [-0.1, -0.05) is 40.2 Å². The number of ether oxygens (including phenoxy) is 1. The maximum Gasteiger partial charge on any atom is 0.264 e. The molecule has 15 heteroatoms. The molecule has 0 aliphatic heterocycles. The number of anilines is 1. The van der Waals surface area contributed by atoms with Crippen molar-refractivity contribution >= 4 is 77.5 Å². The molecule has 0 aliphatic carbocycles. The van der Waals surface area contributed by atoms with Crippen molar-refractivity contribution in [3.63, 3.8) is 0 Å². The summed E-state index contributed by atoms with van der Waals surface area (Å²) in [5.41, 5.74) is 4.48. The first-order valence-electron chi connectivity index (χ1n) is 13.9. The number of aliphatic imine (C=N–C) groups is 1. The summed E-state index contributed by atoms with van der Waals surface area (Å²) >= 11 is 4.98. The van der Waals surface area contributed by atoms with Gasteiger partial charge in [0.25, 0.3) is 20.2 Å². The lowest BCUT2D eigenvalue weighted by molar-refractivity contribution is 0.305. The van der Waals surface area contributed by atoms with Crippen molar-refractivity contribution < 1.29 is 29.9 Å². The first kappa shape index (κ1) is 37.6. The summed E-state index contributed by atoms with van der Waals surface area (Å²) in [6, 6.07) is 23.3. The summed E-state index contributed by atoms with van der Waals surface area (Å²) in [5, 5.41) is 2.91. The maximum atomic E-state index is 11.3. The van der Waals surface area contributed by atoms with Crippen LogP contribution in [0.25, 0.3) is 11.3 Å². The number of nitrogens with zero attached hydrogens (tertiary/aromatic N) is 3. The van der Waals surface area contributed by atoms with Gasteiger partial charge in [-0.2, -0.15) is 16.8 Å². The number of aromatic nitrogens is 1. The zero-order valence-corrected chi connectivity index (χ0v) is 30.1. The third-order valence-corrected chi connectivity index (χ3v) is 8.79. The van der Waals surface area contributed by atoms with Crippen LogP contribution in [0.2, 0.25) is 0 Å². The number of hydrogen-bond donors (Lipinski definition) is 0. The van der Waals surface area contributed by atoms with Crippen LogP contribution in [0.1, 0.15) is 23.4 Å². The van der Waals surface area contributed by atoms with Gasteiger partial charge in [-0.25, -0.2) is 4.98 Å². The molecule has 0 radical (unpaired) electrons. The second-order valence-electron chi connectivity index (χ2n) is 10.0. The molecular formula is C31H35BrClN3O7S3. The van der Waals surface area contributed by atoms with Gasteiger partial charge in [-0.3, -0.25) is 13.4 Å². The number of hydrogen-bond acceptors (Lipinski definition) is 11. The minimum atomic E-state index is -3.51. The van der Waals surface area contributed by atoms with Gasteiger partial charge in [0.05, 0.1) is 37.1 Å². The number of halogens is 2. The molecule has 0 unspecified atom stereocenters. The van der Waals surface area contributed by atoms with E-state index in [9.17, 15) is 16.8 Å². The first-order valence-corrected chi connectivity index (χ1v) is 19.3. The summed E-state index contributed by atoms with van der Waals surface area (Å²) in [6.07, 6.45) is 4.76. The number of thiazole rings is 1. The highest BCUT2D eigenvalue weighted by molar-refractivity contribution is 9.10. The van der Waals surface area contributed by atoms with Gasteiger partial charge in [0.15, 0.2) is 0 Å².